The first-order valence-corrected chi connectivity index (χ1v) is 9.41. The number of benzene rings is 3. The van der Waals surface area contributed by atoms with E-state index in [0.717, 1.165) is 21.4 Å². The number of aromatic nitrogens is 2. The minimum absolute atomic E-state index is 0.249. The maximum absolute atomic E-state index is 11.3. The second-order valence-corrected chi connectivity index (χ2v) is 7.23. The monoisotopic (exact) mass is 420 g/mol. The number of nitrogens with zero attached hydrogens (tertiary/aromatic N) is 2. The van der Waals surface area contributed by atoms with Crippen molar-refractivity contribution in [2.24, 2.45) is 0 Å². The van der Waals surface area contributed by atoms with Gasteiger partial charge in [-0.2, -0.15) is 0 Å². The second kappa shape index (κ2) is 7.37. The van der Waals surface area contributed by atoms with E-state index in [2.05, 4.69) is 38.7 Å². The van der Waals surface area contributed by atoms with Crippen molar-refractivity contribution in [3.63, 3.8) is 0 Å². The Bertz CT molecular complexity index is 1120. The van der Waals surface area contributed by atoms with Gasteiger partial charge in [0.15, 0.2) is 0 Å². The van der Waals surface area contributed by atoms with Gasteiger partial charge in [-0.05, 0) is 35.4 Å². The Balaban J connectivity index is 1.83. The number of aromatic carboxylic acids is 1. The van der Waals surface area contributed by atoms with Gasteiger partial charge in [-0.1, -0.05) is 64.5 Å². The van der Waals surface area contributed by atoms with Crippen molar-refractivity contribution in [3.05, 3.63) is 99.8 Å². The Labute approximate surface area is 165 Å². The topological polar surface area (TPSA) is 55.1 Å². The van der Waals surface area contributed by atoms with Crippen molar-refractivity contribution in [2.75, 3.05) is 0 Å². The van der Waals surface area contributed by atoms with Gasteiger partial charge in [0.1, 0.15) is 5.82 Å². The Hall–Kier alpha value is -2.92. The molecule has 1 heterocycles. The number of fused-ring (bicyclic) bond motifs is 1. The third-order valence-electron chi connectivity index (χ3n) is 4.56. The first-order valence-electron chi connectivity index (χ1n) is 8.61. The maximum atomic E-state index is 11.3. The zero-order valence-electron chi connectivity index (χ0n) is 14.5. The summed E-state index contributed by atoms with van der Waals surface area (Å²) in [6, 6.07) is 23.4. The highest BCUT2D eigenvalue weighted by Gasteiger charge is 2.15. The first-order chi connectivity index (χ1) is 13.1. The number of carboxylic acid groups (broad SMARTS) is 1. The molecule has 0 radical (unpaired) electrons. The average molecular weight is 421 g/mol. The van der Waals surface area contributed by atoms with E-state index < -0.39 is 5.97 Å². The van der Waals surface area contributed by atoms with Crippen LogP contribution < -0.4 is 0 Å². The summed E-state index contributed by atoms with van der Waals surface area (Å²) in [5.41, 5.74) is 4.20. The van der Waals surface area contributed by atoms with Crippen LogP contribution in [0.5, 0.6) is 0 Å². The molecular weight excluding hydrogens is 404 g/mol. The third-order valence-corrected chi connectivity index (χ3v) is 5.34. The van der Waals surface area contributed by atoms with Gasteiger partial charge in [0.05, 0.1) is 16.6 Å². The van der Waals surface area contributed by atoms with E-state index in [9.17, 15) is 9.90 Å². The van der Waals surface area contributed by atoms with Crippen LogP contribution in [0.4, 0.5) is 0 Å². The van der Waals surface area contributed by atoms with Gasteiger partial charge >= 0.3 is 5.97 Å². The Morgan fingerprint density at radius 3 is 2.48 bits per heavy atom. The quantitative estimate of drug-likeness (QED) is 0.486. The SMILES string of the molecule is O=C(O)c1ccc2c(c1)nc(Cc1ccccc1Br)n2Cc1ccccc1. The molecule has 0 aliphatic heterocycles. The predicted molar refractivity (Wildman–Crippen MR) is 109 cm³/mol. The van der Waals surface area contributed by atoms with E-state index >= 15 is 0 Å². The predicted octanol–water partition coefficient (Wildman–Crippen LogP) is 5.14. The molecular formula is C22H17BrN2O2. The molecule has 0 aliphatic carbocycles. The van der Waals surface area contributed by atoms with Crippen LogP contribution in [0, 0.1) is 0 Å². The Morgan fingerprint density at radius 1 is 1.00 bits per heavy atom. The number of rotatable bonds is 5. The lowest BCUT2D eigenvalue weighted by atomic mass is 10.1. The molecule has 0 spiro atoms. The summed E-state index contributed by atoms with van der Waals surface area (Å²) in [7, 11) is 0. The lowest BCUT2D eigenvalue weighted by Crippen LogP contribution is -2.06. The van der Waals surface area contributed by atoms with Gasteiger partial charge in [-0.25, -0.2) is 9.78 Å². The lowest BCUT2D eigenvalue weighted by molar-refractivity contribution is 0.0697. The van der Waals surface area contributed by atoms with Crippen LogP contribution in [0.3, 0.4) is 0 Å². The zero-order chi connectivity index (χ0) is 18.8. The fourth-order valence-corrected chi connectivity index (χ4v) is 3.63. The highest BCUT2D eigenvalue weighted by molar-refractivity contribution is 9.10. The minimum atomic E-state index is -0.943. The van der Waals surface area contributed by atoms with Crippen LogP contribution >= 0.6 is 15.9 Å². The lowest BCUT2D eigenvalue weighted by Gasteiger charge is -2.10. The van der Waals surface area contributed by atoms with Crippen molar-refractivity contribution in [1.82, 2.24) is 9.55 Å². The summed E-state index contributed by atoms with van der Waals surface area (Å²) in [5, 5.41) is 9.29. The van der Waals surface area contributed by atoms with Crippen LogP contribution in [-0.4, -0.2) is 20.6 Å². The van der Waals surface area contributed by atoms with Gasteiger partial charge in [0.2, 0.25) is 0 Å². The molecule has 0 bridgehead atoms. The molecule has 0 aliphatic rings. The highest BCUT2D eigenvalue weighted by Crippen LogP contribution is 2.24. The fourth-order valence-electron chi connectivity index (χ4n) is 3.20. The van der Waals surface area contributed by atoms with Crippen LogP contribution in [0.15, 0.2) is 77.3 Å². The molecule has 3 aromatic carbocycles. The number of hydrogen-bond donors (Lipinski definition) is 1. The molecule has 0 saturated heterocycles. The number of hydrogen-bond acceptors (Lipinski definition) is 2. The molecule has 1 aromatic heterocycles. The summed E-state index contributed by atoms with van der Waals surface area (Å²) in [4.78, 5) is 16.1. The standard InChI is InChI=1S/C22H17BrN2O2/c23-18-9-5-4-8-16(18)13-21-24-19-12-17(22(26)27)10-11-20(19)25(21)14-15-6-2-1-3-7-15/h1-12H,13-14H2,(H,26,27). The zero-order valence-corrected chi connectivity index (χ0v) is 16.1. The smallest absolute Gasteiger partial charge is 0.335 e. The van der Waals surface area contributed by atoms with Crippen LogP contribution in [0.25, 0.3) is 11.0 Å². The van der Waals surface area contributed by atoms with E-state index in [-0.39, 0.29) is 5.56 Å². The molecule has 5 heteroatoms. The molecule has 0 fully saturated rings. The molecule has 0 amide bonds. The highest BCUT2D eigenvalue weighted by atomic mass is 79.9. The largest absolute Gasteiger partial charge is 0.478 e. The maximum Gasteiger partial charge on any atom is 0.335 e. The van der Waals surface area contributed by atoms with Crippen LogP contribution in [0.2, 0.25) is 0 Å². The minimum Gasteiger partial charge on any atom is -0.478 e. The molecule has 0 saturated carbocycles. The normalized spacial score (nSPS) is 11.0. The number of carboxylic acids is 1. The molecule has 4 aromatic rings. The fraction of sp³-hybridized carbons (Fsp3) is 0.0909. The summed E-state index contributed by atoms with van der Waals surface area (Å²) in [6.07, 6.45) is 0.658. The van der Waals surface area contributed by atoms with Crippen molar-refractivity contribution in [1.29, 1.82) is 0 Å². The van der Waals surface area contributed by atoms with E-state index in [1.807, 2.05) is 42.5 Å². The first kappa shape index (κ1) is 17.5. The molecule has 4 rings (SSSR count). The van der Waals surface area contributed by atoms with Crippen molar-refractivity contribution in [3.8, 4) is 0 Å². The van der Waals surface area contributed by atoms with E-state index in [1.165, 1.54) is 5.56 Å². The number of halogens is 1. The Kier molecular flexibility index (Phi) is 4.77. The van der Waals surface area contributed by atoms with Crippen LogP contribution in [0.1, 0.15) is 27.3 Å². The number of carbonyl (C=O) groups is 1. The van der Waals surface area contributed by atoms with Gasteiger partial charge in [-0.15, -0.1) is 0 Å². The molecule has 134 valence electrons. The summed E-state index contributed by atoms with van der Waals surface area (Å²) in [6.45, 7) is 0.684. The van der Waals surface area contributed by atoms with E-state index in [4.69, 9.17) is 4.98 Å². The van der Waals surface area contributed by atoms with Crippen molar-refractivity contribution < 1.29 is 9.90 Å². The van der Waals surface area contributed by atoms with Gasteiger partial charge in [-0.3, -0.25) is 0 Å². The molecule has 0 atom stereocenters. The van der Waals surface area contributed by atoms with Crippen molar-refractivity contribution in [2.45, 2.75) is 13.0 Å². The van der Waals surface area contributed by atoms with Gasteiger partial charge < -0.3 is 9.67 Å². The van der Waals surface area contributed by atoms with Gasteiger partial charge in [0.25, 0.3) is 0 Å². The summed E-state index contributed by atoms with van der Waals surface area (Å²) < 4.78 is 3.20. The molecule has 27 heavy (non-hydrogen) atoms. The van der Waals surface area contributed by atoms with Crippen LogP contribution in [-0.2, 0) is 13.0 Å². The summed E-state index contributed by atoms with van der Waals surface area (Å²) >= 11 is 3.60. The summed E-state index contributed by atoms with van der Waals surface area (Å²) in [5.74, 6) is -0.0369. The van der Waals surface area contributed by atoms with Gasteiger partial charge in [0, 0.05) is 17.4 Å². The second-order valence-electron chi connectivity index (χ2n) is 6.38. The van der Waals surface area contributed by atoms with E-state index in [1.54, 1.807) is 12.1 Å². The third kappa shape index (κ3) is 3.64. The molecule has 4 nitrogen and oxygen atoms in total. The molecule has 0 unspecified atom stereocenters. The van der Waals surface area contributed by atoms with E-state index in [0.29, 0.717) is 18.5 Å². The number of imidazole rings is 1. The average Bonchev–Trinajstić information content (AvgIpc) is 3.01. The van der Waals surface area contributed by atoms with Crippen molar-refractivity contribution >= 4 is 32.9 Å². The molecule has 1 N–H and O–H groups in total. The Morgan fingerprint density at radius 2 is 1.74 bits per heavy atom.